The molecule has 0 amide bonds. The van der Waals surface area contributed by atoms with Gasteiger partial charge in [-0.15, -0.1) is 11.3 Å². The third-order valence-electron chi connectivity index (χ3n) is 2.97. The third-order valence-corrected chi connectivity index (χ3v) is 5.53. The van der Waals surface area contributed by atoms with Crippen LogP contribution in [0.15, 0.2) is 53.9 Å². The molecule has 1 aromatic heterocycles. The standard InChI is InChI=1S/C15H10BrClS/c16-15(14-6-3-9-18-14)12-7-8-13(17)11-5-2-1-4-10(11)12/h1-9,15H. The minimum absolute atomic E-state index is 0.222. The Morgan fingerprint density at radius 2 is 1.72 bits per heavy atom. The van der Waals surface area contributed by atoms with E-state index in [0.717, 1.165) is 10.4 Å². The van der Waals surface area contributed by atoms with Crippen molar-refractivity contribution in [3.8, 4) is 0 Å². The number of rotatable bonds is 2. The predicted octanol–water partition coefficient (Wildman–Crippen LogP) is 6.04. The lowest BCUT2D eigenvalue weighted by molar-refractivity contribution is 1.25. The second-order valence-corrected chi connectivity index (χ2v) is 6.36. The molecule has 2 aromatic carbocycles. The molecule has 3 aromatic rings. The third kappa shape index (κ3) is 2.09. The Morgan fingerprint density at radius 1 is 0.944 bits per heavy atom. The van der Waals surface area contributed by atoms with Gasteiger partial charge in [-0.3, -0.25) is 0 Å². The Hall–Kier alpha value is -0.830. The van der Waals surface area contributed by atoms with Crippen LogP contribution in [0, 0.1) is 0 Å². The molecule has 1 atom stereocenters. The maximum absolute atomic E-state index is 6.25. The van der Waals surface area contributed by atoms with Crippen LogP contribution in [0.2, 0.25) is 5.02 Å². The van der Waals surface area contributed by atoms with Crippen molar-refractivity contribution < 1.29 is 0 Å². The second kappa shape index (κ2) is 5.04. The highest BCUT2D eigenvalue weighted by Gasteiger charge is 2.15. The summed E-state index contributed by atoms with van der Waals surface area (Å²) >= 11 is 11.8. The summed E-state index contributed by atoms with van der Waals surface area (Å²) in [5.41, 5.74) is 1.26. The van der Waals surface area contributed by atoms with Crippen molar-refractivity contribution in [3.63, 3.8) is 0 Å². The van der Waals surface area contributed by atoms with Gasteiger partial charge < -0.3 is 0 Å². The zero-order valence-electron chi connectivity index (χ0n) is 9.44. The summed E-state index contributed by atoms with van der Waals surface area (Å²) in [5, 5.41) is 5.22. The molecule has 0 N–H and O–H groups in total. The Balaban J connectivity index is 2.21. The second-order valence-electron chi connectivity index (χ2n) is 4.06. The molecule has 90 valence electrons. The van der Waals surface area contributed by atoms with Gasteiger partial charge in [0.05, 0.1) is 4.83 Å². The predicted molar refractivity (Wildman–Crippen MR) is 84.0 cm³/mol. The monoisotopic (exact) mass is 336 g/mol. The lowest BCUT2D eigenvalue weighted by atomic mass is 10.0. The van der Waals surface area contributed by atoms with Crippen molar-refractivity contribution in [2.75, 3.05) is 0 Å². The Bertz CT molecular complexity index is 676. The molecule has 18 heavy (non-hydrogen) atoms. The lowest BCUT2D eigenvalue weighted by Crippen LogP contribution is -1.91. The van der Waals surface area contributed by atoms with Gasteiger partial charge in [-0.25, -0.2) is 0 Å². The molecule has 3 heteroatoms. The molecule has 0 radical (unpaired) electrons. The maximum atomic E-state index is 6.25. The first-order valence-corrected chi connectivity index (χ1v) is 7.79. The van der Waals surface area contributed by atoms with Gasteiger partial charge >= 0.3 is 0 Å². The first-order chi connectivity index (χ1) is 8.77. The number of hydrogen-bond donors (Lipinski definition) is 0. The van der Waals surface area contributed by atoms with Crippen LogP contribution in [0.5, 0.6) is 0 Å². The molecule has 0 nitrogen and oxygen atoms in total. The van der Waals surface area contributed by atoms with E-state index in [4.69, 9.17) is 11.6 Å². The van der Waals surface area contributed by atoms with E-state index in [0.29, 0.717) is 0 Å². The van der Waals surface area contributed by atoms with Gasteiger partial charge in [0.1, 0.15) is 0 Å². The molecular weight excluding hydrogens is 328 g/mol. The number of thiophene rings is 1. The maximum Gasteiger partial charge on any atom is 0.0744 e. The molecular formula is C15H10BrClS. The van der Waals surface area contributed by atoms with Crippen LogP contribution in [-0.2, 0) is 0 Å². The van der Waals surface area contributed by atoms with Gasteiger partial charge in [0.25, 0.3) is 0 Å². The lowest BCUT2D eigenvalue weighted by Gasteiger charge is -2.12. The summed E-state index contributed by atoms with van der Waals surface area (Å²) in [6, 6.07) is 16.6. The summed E-state index contributed by atoms with van der Waals surface area (Å²) in [7, 11) is 0. The van der Waals surface area contributed by atoms with E-state index in [2.05, 4.69) is 57.7 Å². The molecule has 0 saturated heterocycles. The largest absolute Gasteiger partial charge is 0.147 e. The van der Waals surface area contributed by atoms with Crippen molar-refractivity contribution in [3.05, 3.63) is 69.4 Å². The molecule has 0 spiro atoms. The smallest absolute Gasteiger partial charge is 0.0744 e. The highest BCUT2D eigenvalue weighted by atomic mass is 79.9. The van der Waals surface area contributed by atoms with E-state index in [9.17, 15) is 0 Å². The van der Waals surface area contributed by atoms with E-state index < -0.39 is 0 Å². The minimum atomic E-state index is 0.222. The molecule has 0 aliphatic rings. The summed E-state index contributed by atoms with van der Waals surface area (Å²) in [5.74, 6) is 0. The van der Waals surface area contributed by atoms with Crippen LogP contribution >= 0.6 is 38.9 Å². The Kier molecular flexibility index (Phi) is 3.42. The summed E-state index contributed by atoms with van der Waals surface area (Å²) < 4.78 is 0. The molecule has 0 fully saturated rings. The average Bonchev–Trinajstić information content (AvgIpc) is 2.93. The highest BCUT2D eigenvalue weighted by Crippen LogP contribution is 2.39. The van der Waals surface area contributed by atoms with Crippen LogP contribution in [0.4, 0.5) is 0 Å². The van der Waals surface area contributed by atoms with E-state index >= 15 is 0 Å². The van der Waals surface area contributed by atoms with E-state index in [1.54, 1.807) is 11.3 Å². The zero-order valence-corrected chi connectivity index (χ0v) is 12.6. The van der Waals surface area contributed by atoms with Crippen molar-refractivity contribution >= 4 is 49.6 Å². The Morgan fingerprint density at radius 3 is 2.44 bits per heavy atom. The van der Waals surface area contributed by atoms with Crippen LogP contribution in [-0.4, -0.2) is 0 Å². The molecule has 1 heterocycles. The van der Waals surface area contributed by atoms with E-state index in [1.807, 2.05) is 12.1 Å². The fraction of sp³-hybridized carbons (Fsp3) is 0.0667. The molecule has 0 aliphatic carbocycles. The van der Waals surface area contributed by atoms with E-state index in [1.165, 1.54) is 15.8 Å². The quantitative estimate of drug-likeness (QED) is 0.500. The summed E-state index contributed by atoms with van der Waals surface area (Å²) in [6.07, 6.45) is 0. The molecule has 0 aliphatic heterocycles. The molecule has 0 saturated carbocycles. The Labute approximate surface area is 123 Å². The minimum Gasteiger partial charge on any atom is -0.147 e. The van der Waals surface area contributed by atoms with Crippen molar-refractivity contribution in [1.29, 1.82) is 0 Å². The van der Waals surface area contributed by atoms with Crippen LogP contribution in [0.1, 0.15) is 15.3 Å². The van der Waals surface area contributed by atoms with Crippen LogP contribution in [0.25, 0.3) is 10.8 Å². The van der Waals surface area contributed by atoms with Crippen molar-refractivity contribution in [2.24, 2.45) is 0 Å². The summed E-state index contributed by atoms with van der Waals surface area (Å²) in [6.45, 7) is 0. The van der Waals surface area contributed by atoms with Gasteiger partial charge in [-0.2, -0.15) is 0 Å². The number of benzene rings is 2. The van der Waals surface area contributed by atoms with Crippen LogP contribution in [0.3, 0.4) is 0 Å². The normalized spacial score (nSPS) is 12.8. The number of fused-ring (bicyclic) bond motifs is 1. The fourth-order valence-corrected chi connectivity index (χ4v) is 3.92. The topological polar surface area (TPSA) is 0 Å². The van der Waals surface area contributed by atoms with Crippen LogP contribution < -0.4 is 0 Å². The van der Waals surface area contributed by atoms with Gasteiger partial charge in [-0.05, 0) is 28.5 Å². The van der Waals surface area contributed by atoms with Crippen molar-refractivity contribution in [1.82, 2.24) is 0 Å². The summed E-state index contributed by atoms with van der Waals surface area (Å²) in [4.78, 5) is 1.53. The zero-order chi connectivity index (χ0) is 12.5. The molecule has 1 unspecified atom stereocenters. The average molecular weight is 338 g/mol. The van der Waals surface area contributed by atoms with Gasteiger partial charge in [-0.1, -0.05) is 63.9 Å². The molecule has 0 bridgehead atoms. The number of alkyl halides is 1. The number of hydrogen-bond acceptors (Lipinski definition) is 1. The van der Waals surface area contributed by atoms with Crippen molar-refractivity contribution in [2.45, 2.75) is 4.83 Å². The number of halogens is 2. The molecule has 3 rings (SSSR count). The highest BCUT2D eigenvalue weighted by molar-refractivity contribution is 9.09. The SMILES string of the molecule is Clc1ccc(C(Br)c2cccs2)c2ccccc12. The fourth-order valence-electron chi connectivity index (χ4n) is 2.10. The van der Waals surface area contributed by atoms with E-state index in [-0.39, 0.29) is 4.83 Å². The first-order valence-electron chi connectivity index (χ1n) is 5.62. The first kappa shape index (κ1) is 12.2. The van der Waals surface area contributed by atoms with Gasteiger partial charge in [0, 0.05) is 15.3 Å². The van der Waals surface area contributed by atoms with Gasteiger partial charge in [0.15, 0.2) is 0 Å². The van der Waals surface area contributed by atoms with Gasteiger partial charge in [0.2, 0.25) is 0 Å².